The predicted molar refractivity (Wildman–Crippen MR) is 140 cm³/mol. The maximum absolute atomic E-state index is 14.3. The average Bonchev–Trinajstić information content (AvgIpc) is 3.24. The van der Waals surface area contributed by atoms with Gasteiger partial charge in [0.1, 0.15) is 6.04 Å². The number of nitro benzene ring substituents is 1. The molecular formula is C28H20BrN3O5. The molecule has 2 aliphatic heterocycles. The van der Waals surface area contributed by atoms with Crippen molar-refractivity contribution in [2.45, 2.75) is 18.0 Å². The van der Waals surface area contributed by atoms with Crippen molar-refractivity contribution in [3.05, 3.63) is 110 Å². The van der Waals surface area contributed by atoms with Crippen LogP contribution in [0.4, 0.5) is 11.4 Å². The van der Waals surface area contributed by atoms with Crippen LogP contribution in [0.3, 0.4) is 0 Å². The van der Waals surface area contributed by atoms with Crippen LogP contribution < -0.4 is 4.90 Å². The highest BCUT2D eigenvalue weighted by molar-refractivity contribution is 9.10. The van der Waals surface area contributed by atoms with E-state index in [1.807, 2.05) is 30.3 Å². The summed E-state index contributed by atoms with van der Waals surface area (Å²) in [5, 5.41) is 22.1. The number of halogens is 1. The molecule has 4 atom stereocenters. The number of ether oxygens (including phenoxy) is 1. The zero-order valence-corrected chi connectivity index (χ0v) is 21.2. The number of hydrogen-bond donors (Lipinski definition) is 0. The molecule has 0 aromatic heterocycles. The van der Waals surface area contributed by atoms with Crippen molar-refractivity contribution in [3.63, 3.8) is 0 Å². The van der Waals surface area contributed by atoms with Crippen molar-refractivity contribution in [2.24, 2.45) is 5.41 Å². The number of anilines is 1. The molecule has 0 N–H and O–H groups in total. The number of hydrogen-bond acceptors (Lipinski definition) is 7. The van der Waals surface area contributed by atoms with Crippen LogP contribution in [0, 0.1) is 26.9 Å². The van der Waals surface area contributed by atoms with Crippen LogP contribution in [0.25, 0.3) is 6.08 Å². The van der Waals surface area contributed by atoms with Gasteiger partial charge < -0.3 is 9.64 Å². The molecule has 1 saturated heterocycles. The number of Topliss-reactive ketones (excluding diaryl/α,β-unsaturated/α-hetero) is 1. The Hall–Kier alpha value is -4.29. The minimum atomic E-state index is -1.77. The van der Waals surface area contributed by atoms with Gasteiger partial charge in [-0.2, -0.15) is 5.26 Å². The maximum Gasteiger partial charge on any atom is 0.329 e. The second-order valence-corrected chi connectivity index (χ2v) is 9.80. The van der Waals surface area contributed by atoms with E-state index in [0.717, 1.165) is 10.0 Å². The van der Waals surface area contributed by atoms with Gasteiger partial charge >= 0.3 is 5.97 Å². The van der Waals surface area contributed by atoms with Gasteiger partial charge in [0.05, 0.1) is 24.1 Å². The first-order chi connectivity index (χ1) is 17.8. The Kier molecular flexibility index (Phi) is 6.13. The highest BCUT2D eigenvalue weighted by Crippen LogP contribution is 2.56. The van der Waals surface area contributed by atoms with Gasteiger partial charge in [0.2, 0.25) is 0 Å². The summed E-state index contributed by atoms with van der Waals surface area (Å²) in [5.41, 5.74) is 0.225. The fourth-order valence-electron chi connectivity index (χ4n) is 5.52. The van der Waals surface area contributed by atoms with Gasteiger partial charge in [0.25, 0.3) is 5.69 Å². The van der Waals surface area contributed by atoms with E-state index in [0.29, 0.717) is 11.3 Å². The number of methoxy groups -OCH3 is 1. The Bertz CT molecular complexity index is 1500. The molecular weight excluding hydrogens is 538 g/mol. The number of nitriles is 1. The van der Waals surface area contributed by atoms with Crippen LogP contribution in [0.2, 0.25) is 0 Å². The summed E-state index contributed by atoms with van der Waals surface area (Å²) in [5.74, 6) is -2.13. The Morgan fingerprint density at radius 3 is 2.51 bits per heavy atom. The Labute approximate surface area is 221 Å². The van der Waals surface area contributed by atoms with Crippen LogP contribution in [0.5, 0.6) is 0 Å². The minimum absolute atomic E-state index is 0.116. The van der Waals surface area contributed by atoms with E-state index in [4.69, 9.17) is 4.74 Å². The molecule has 184 valence electrons. The van der Waals surface area contributed by atoms with Gasteiger partial charge in [0.15, 0.2) is 11.2 Å². The fraction of sp³-hybridized carbons (Fsp3) is 0.179. The summed E-state index contributed by atoms with van der Waals surface area (Å²) >= 11 is 3.42. The summed E-state index contributed by atoms with van der Waals surface area (Å²) < 4.78 is 5.98. The number of fused-ring (bicyclic) bond motifs is 3. The molecule has 0 radical (unpaired) electrons. The Balaban J connectivity index is 1.81. The number of para-hydroxylation sites is 1. The largest absolute Gasteiger partial charge is 0.468 e. The maximum atomic E-state index is 14.3. The van der Waals surface area contributed by atoms with Gasteiger partial charge in [-0.1, -0.05) is 70.5 Å². The monoisotopic (exact) mass is 557 g/mol. The van der Waals surface area contributed by atoms with E-state index in [2.05, 4.69) is 22.0 Å². The lowest BCUT2D eigenvalue weighted by Crippen LogP contribution is -2.46. The molecule has 5 rings (SSSR count). The molecule has 2 heterocycles. The number of non-ortho nitro benzene ring substituents is 1. The smallest absolute Gasteiger partial charge is 0.329 e. The SMILES string of the molecule is COC(=O)[C@]1(C#N)C2C=Cc3ccccc3N2[C@@H](C(=O)c2cccc([N+](=O)[O-])c2)[C@@H]1c1ccc(Br)cc1. The van der Waals surface area contributed by atoms with Gasteiger partial charge in [-0.25, -0.2) is 0 Å². The molecule has 0 saturated carbocycles. The van der Waals surface area contributed by atoms with Crippen LogP contribution in [-0.2, 0) is 9.53 Å². The number of benzene rings is 3. The van der Waals surface area contributed by atoms with Crippen molar-refractivity contribution < 1.29 is 19.2 Å². The first-order valence-corrected chi connectivity index (χ1v) is 12.2. The van der Waals surface area contributed by atoms with E-state index in [-0.39, 0.29) is 11.3 Å². The molecule has 37 heavy (non-hydrogen) atoms. The van der Waals surface area contributed by atoms with E-state index >= 15 is 0 Å². The van der Waals surface area contributed by atoms with Crippen LogP contribution >= 0.6 is 15.9 Å². The summed E-state index contributed by atoms with van der Waals surface area (Å²) in [6.07, 6.45) is 3.60. The van der Waals surface area contributed by atoms with Gasteiger partial charge in [-0.3, -0.25) is 19.7 Å². The van der Waals surface area contributed by atoms with E-state index in [1.165, 1.54) is 31.4 Å². The normalized spacial score (nSPS) is 23.5. The molecule has 3 aromatic rings. The first-order valence-electron chi connectivity index (χ1n) is 11.4. The van der Waals surface area contributed by atoms with Crippen molar-refractivity contribution in [2.75, 3.05) is 12.0 Å². The molecule has 9 heteroatoms. The number of nitro groups is 1. The molecule has 0 bridgehead atoms. The lowest BCUT2D eigenvalue weighted by Gasteiger charge is -2.36. The molecule has 1 fully saturated rings. The van der Waals surface area contributed by atoms with Crippen molar-refractivity contribution in [3.8, 4) is 6.07 Å². The quantitative estimate of drug-likeness (QED) is 0.181. The number of ketones is 1. The lowest BCUT2D eigenvalue weighted by molar-refractivity contribution is -0.384. The number of rotatable bonds is 5. The third kappa shape index (κ3) is 3.72. The summed E-state index contributed by atoms with van der Waals surface area (Å²) in [4.78, 5) is 40.5. The predicted octanol–water partition coefficient (Wildman–Crippen LogP) is 5.29. The highest BCUT2D eigenvalue weighted by Gasteiger charge is 2.67. The minimum Gasteiger partial charge on any atom is -0.468 e. The fourth-order valence-corrected chi connectivity index (χ4v) is 5.79. The average molecular weight is 558 g/mol. The van der Waals surface area contributed by atoms with Gasteiger partial charge in [-0.05, 0) is 29.3 Å². The molecule has 0 amide bonds. The number of carbonyl (C=O) groups is 2. The zero-order chi connectivity index (χ0) is 26.3. The molecule has 3 aromatic carbocycles. The lowest BCUT2D eigenvalue weighted by atomic mass is 9.68. The van der Waals surface area contributed by atoms with Crippen molar-refractivity contribution in [1.82, 2.24) is 0 Å². The Morgan fingerprint density at radius 2 is 1.84 bits per heavy atom. The second kappa shape index (κ2) is 9.30. The highest BCUT2D eigenvalue weighted by atomic mass is 79.9. The van der Waals surface area contributed by atoms with Crippen molar-refractivity contribution in [1.29, 1.82) is 5.26 Å². The molecule has 0 aliphatic carbocycles. The summed E-state index contributed by atoms with van der Waals surface area (Å²) in [6, 6.07) is 20.4. The zero-order valence-electron chi connectivity index (χ0n) is 19.6. The van der Waals surface area contributed by atoms with E-state index < -0.39 is 40.1 Å². The summed E-state index contributed by atoms with van der Waals surface area (Å²) in [6.45, 7) is 0. The van der Waals surface area contributed by atoms with Crippen LogP contribution in [0.1, 0.15) is 27.4 Å². The number of nitrogens with zero attached hydrogens (tertiary/aromatic N) is 3. The second-order valence-electron chi connectivity index (χ2n) is 8.89. The van der Waals surface area contributed by atoms with Crippen molar-refractivity contribution >= 4 is 45.1 Å². The summed E-state index contributed by atoms with van der Waals surface area (Å²) in [7, 11) is 1.22. The van der Waals surface area contributed by atoms with Gasteiger partial charge in [-0.15, -0.1) is 0 Å². The van der Waals surface area contributed by atoms with Crippen LogP contribution in [0.15, 0.2) is 83.3 Å². The first kappa shape index (κ1) is 24.4. The number of esters is 1. The standard InChI is InChI=1S/C28H20BrN3O5/c1-37-27(34)28(16-30)23-14-11-17-5-2-3-8-22(17)31(23)25(24(28)18-9-12-20(29)13-10-18)26(33)19-6-4-7-21(15-19)32(35)36/h2-15,23-25H,1H3/t23?,24-,25+,28+/m0/s1. The molecule has 8 nitrogen and oxygen atoms in total. The topological polar surface area (TPSA) is 114 Å². The molecule has 2 aliphatic rings. The third-order valence-corrected chi connectivity index (χ3v) is 7.62. The molecule has 0 spiro atoms. The third-order valence-electron chi connectivity index (χ3n) is 7.09. The van der Waals surface area contributed by atoms with Crippen LogP contribution in [-0.4, -0.2) is 35.9 Å². The van der Waals surface area contributed by atoms with E-state index in [9.17, 15) is 25.0 Å². The van der Waals surface area contributed by atoms with E-state index in [1.54, 1.807) is 35.2 Å². The van der Waals surface area contributed by atoms with Gasteiger partial charge in [0, 0.05) is 33.8 Å². The number of carbonyl (C=O) groups excluding carboxylic acids is 2. The molecule has 1 unspecified atom stereocenters. The Morgan fingerprint density at radius 1 is 1.11 bits per heavy atom.